The summed E-state index contributed by atoms with van der Waals surface area (Å²) in [5.41, 5.74) is 1.06. The van der Waals surface area contributed by atoms with Crippen molar-refractivity contribution in [1.82, 2.24) is 10.3 Å². The minimum absolute atomic E-state index is 0.737. The number of nitrogens with one attached hydrogen (secondary N) is 1. The summed E-state index contributed by atoms with van der Waals surface area (Å²) < 4.78 is 6.17. The van der Waals surface area contributed by atoms with Gasteiger partial charge in [0.2, 0.25) is 0 Å². The van der Waals surface area contributed by atoms with Crippen molar-refractivity contribution in [3.8, 4) is 10.8 Å². The van der Waals surface area contributed by atoms with Gasteiger partial charge in [0.25, 0.3) is 0 Å². The molecule has 0 aliphatic rings. The number of aromatic nitrogens is 1. The normalized spacial score (nSPS) is 10.8. The van der Waals surface area contributed by atoms with Crippen LogP contribution in [0.5, 0.6) is 0 Å². The lowest BCUT2D eigenvalue weighted by atomic mass is 10.4. The summed E-state index contributed by atoms with van der Waals surface area (Å²) in [7, 11) is 0. The third kappa shape index (κ3) is 2.68. The Morgan fingerprint density at radius 3 is 3.07 bits per heavy atom. The summed E-state index contributed by atoms with van der Waals surface area (Å²) in [6, 6.07) is 3.79. The number of rotatable bonds is 4. The van der Waals surface area contributed by atoms with E-state index in [-0.39, 0.29) is 0 Å². The van der Waals surface area contributed by atoms with Crippen LogP contribution in [0.15, 0.2) is 26.6 Å². The lowest BCUT2D eigenvalue weighted by Gasteiger charge is -1.95. The Morgan fingerprint density at radius 2 is 2.40 bits per heavy atom. The molecule has 2 rings (SSSR count). The van der Waals surface area contributed by atoms with Crippen molar-refractivity contribution in [1.29, 1.82) is 0 Å². The van der Waals surface area contributed by atoms with E-state index >= 15 is 0 Å². The summed E-state index contributed by atoms with van der Waals surface area (Å²) in [6.45, 7) is 3.85. The number of halogens is 1. The fourth-order valence-electron chi connectivity index (χ4n) is 1.18. The van der Waals surface area contributed by atoms with E-state index in [0.717, 1.165) is 34.2 Å². The van der Waals surface area contributed by atoms with Crippen molar-refractivity contribution in [2.45, 2.75) is 13.5 Å². The van der Waals surface area contributed by atoms with Crippen LogP contribution in [-0.4, -0.2) is 11.5 Å². The van der Waals surface area contributed by atoms with Gasteiger partial charge in [-0.3, -0.25) is 0 Å². The van der Waals surface area contributed by atoms with Crippen LogP contribution in [0.3, 0.4) is 0 Å². The van der Waals surface area contributed by atoms with Crippen LogP contribution in [0.4, 0.5) is 0 Å². The van der Waals surface area contributed by atoms with E-state index in [0.29, 0.717) is 0 Å². The molecule has 0 aromatic carbocycles. The molecule has 5 heteroatoms. The zero-order valence-electron chi connectivity index (χ0n) is 8.29. The Labute approximate surface area is 101 Å². The molecule has 0 aliphatic heterocycles. The molecule has 1 N–H and O–H groups in total. The quantitative estimate of drug-likeness (QED) is 0.937. The molecule has 80 valence electrons. The molecule has 2 aromatic rings. The lowest BCUT2D eigenvalue weighted by Crippen LogP contribution is -2.11. The molecule has 0 atom stereocenters. The average molecular weight is 287 g/mol. The lowest BCUT2D eigenvalue weighted by molar-refractivity contribution is 0.555. The van der Waals surface area contributed by atoms with Crippen LogP contribution >= 0.6 is 27.3 Å². The summed E-state index contributed by atoms with van der Waals surface area (Å²) in [5, 5.41) is 6.21. The van der Waals surface area contributed by atoms with Gasteiger partial charge in [0.1, 0.15) is 0 Å². The van der Waals surface area contributed by atoms with E-state index in [1.165, 1.54) is 0 Å². The van der Waals surface area contributed by atoms with Crippen LogP contribution in [0.2, 0.25) is 0 Å². The van der Waals surface area contributed by atoms with Crippen LogP contribution in [0, 0.1) is 0 Å². The van der Waals surface area contributed by atoms with Gasteiger partial charge in [-0.15, -0.1) is 11.3 Å². The number of hydrogen-bond donors (Lipinski definition) is 1. The highest BCUT2D eigenvalue weighted by atomic mass is 79.9. The smallest absolute Gasteiger partial charge is 0.170 e. The second-order valence-electron chi connectivity index (χ2n) is 3.03. The first-order valence-corrected chi connectivity index (χ1v) is 6.37. The molecule has 0 saturated carbocycles. The molecule has 2 heterocycles. The molecule has 0 bridgehead atoms. The average Bonchev–Trinajstić information content (AvgIpc) is 2.83. The predicted octanol–water partition coefficient (Wildman–Crippen LogP) is 3.28. The topological polar surface area (TPSA) is 38.1 Å². The summed E-state index contributed by atoms with van der Waals surface area (Å²) in [5.74, 6) is 0.814. The van der Waals surface area contributed by atoms with Gasteiger partial charge in [-0.25, -0.2) is 4.98 Å². The van der Waals surface area contributed by atoms with Crippen LogP contribution in [-0.2, 0) is 6.54 Å². The first-order chi connectivity index (χ1) is 7.29. The zero-order chi connectivity index (χ0) is 10.7. The number of nitrogens with zero attached hydrogens (tertiary/aromatic N) is 1. The molecular formula is C10H11BrN2OS. The molecule has 3 nitrogen and oxygen atoms in total. The second kappa shape index (κ2) is 4.92. The Kier molecular flexibility index (Phi) is 3.56. The standard InChI is InChI=1S/C10H11BrN2OS/c1-2-12-5-7-6-15-10(13-7)8-3-4-9(11)14-8/h3-4,6,12H,2,5H2,1H3. The highest BCUT2D eigenvalue weighted by Gasteiger charge is 2.07. The van der Waals surface area contributed by atoms with Gasteiger partial charge in [-0.2, -0.15) is 0 Å². The Balaban J connectivity index is 2.13. The minimum Gasteiger partial charge on any atom is -0.447 e. The van der Waals surface area contributed by atoms with Gasteiger partial charge in [0.15, 0.2) is 15.4 Å². The van der Waals surface area contributed by atoms with Crippen molar-refractivity contribution in [3.63, 3.8) is 0 Å². The van der Waals surface area contributed by atoms with Gasteiger partial charge in [0.05, 0.1) is 5.69 Å². The number of hydrogen-bond acceptors (Lipinski definition) is 4. The third-order valence-corrected chi connectivity index (χ3v) is 3.22. The Morgan fingerprint density at radius 1 is 1.53 bits per heavy atom. The van der Waals surface area contributed by atoms with Crippen molar-refractivity contribution in [2.24, 2.45) is 0 Å². The highest BCUT2D eigenvalue weighted by Crippen LogP contribution is 2.27. The van der Waals surface area contributed by atoms with Crippen molar-refractivity contribution in [3.05, 3.63) is 27.9 Å². The maximum absolute atomic E-state index is 5.43. The third-order valence-electron chi connectivity index (χ3n) is 1.89. The summed E-state index contributed by atoms with van der Waals surface area (Å²) >= 11 is 4.88. The molecule has 0 saturated heterocycles. The first kappa shape index (κ1) is 10.9. The van der Waals surface area contributed by atoms with E-state index < -0.39 is 0 Å². The largest absolute Gasteiger partial charge is 0.447 e. The van der Waals surface area contributed by atoms with E-state index in [2.05, 4.69) is 38.5 Å². The van der Waals surface area contributed by atoms with Gasteiger partial charge in [-0.1, -0.05) is 6.92 Å². The summed E-state index contributed by atoms with van der Waals surface area (Å²) in [4.78, 5) is 4.47. The van der Waals surface area contributed by atoms with E-state index in [4.69, 9.17) is 4.42 Å². The SMILES string of the molecule is CCNCc1csc(-c2ccc(Br)o2)n1. The molecule has 0 unspecified atom stereocenters. The Bertz CT molecular complexity index is 438. The van der Waals surface area contributed by atoms with E-state index in [9.17, 15) is 0 Å². The molecule has 0 spiro atoms. The van der Waals surface area contributed by atoms with Crippen molar-refractivity contribution >= 4 is 27.3 Å². The molecule has 15 heavy (non-hydrogen) atoms. The van der Waals surface area contributed by atoms with Crippen LogP contribution in [0.1, 0.15) is 12.6 Å². The van der Waals surface area contributed by atoms with Gasteiger partial charge < -0.3 is 9.73 Å². The van der Waals surface area contributed by atoms with E-state index in [1.807, 2.05) is 12.1 Å². The van der Waals surface area contributed by atoms with Gasteiger partial charge >= 0.3 is 0 Å². The Hall–Kier alpha value is -0.650. The summed E-state index contributed by atoms with van der Waals surface area (Å²) in [6.07, 6.45) is 0. The molecule has 0 amide bonds. The maximum Gasteiger partial charge on any atom is 0.170 e. The van der Waals surface area contributed by atoms with Crippen molar-refractivity contribution < 1.29 is 4.42 Å². The predicted molar refractivity (Wildman–Crippen MR) is 64.9 cm³/mol. The van der Waals surface area contributed by atoms with Crippen LogP contribution in [0.25, 0.3) is 10.8 Å². The molecule has 2 aromatic heterocycles. The van der Waals surface area contributed by atoms with Crippen LogP contribution < -0.4 is 5.32 Å². The fraction of sp³-hybridized carbons (Fsp3) is 0.300. The number of furan rings is 1. The van der Waals surface area contributed by atoms with Crippen molar-refractivity contribution in [2.75, 3.05) is 6.54 Å². The number of thiazole rings is 1. The molecular weight excluding hydrogens is 276 g/mol. The first-order valence-electron chi connectivity index (χ1n) is 4.70. The molecule has 0 radical (unpaired) electrons. The minimum atomic E-state index is 0.737. The highest BCUT2D eigenvalue weighted by molar-refractivity contribution is 9.10. The second-order valence-corrected chi connectivity index (χ2v) is 4.67. The fourth-order valence-corrected chi connectivity index (χ4v) is 2.27. The van der Waals surface area contributed by atoms with E-state index in [1.54, 1.807) is 11.3 Å². The van der Waals surface area contributed by atoms with Gasteiger partial charge in [0, 0.05) is 11.9 Å². The monoisotopic (exact) mass is 286 g/mol. The maximum atomic E-state index is 5.43. The molecule has 0 fully saturated rings. The zero-order valence-corrected chi connectivity index (χ0v) is 10.7. The van der Waals surface area contributed by atoms with Gasteiger partial charge in [-0.05, 0) is 34.6 Å². The molecule has 0 aliphatic carbocycles.